The van der Waals surface area contributed by atoms with Crippen molar-refractivity contribution in [2.45, 2.75) is 0 Å². The first-order chi connectivity index (χ1) is 12.9. The lowest BCUT2D eigenvalue weighted by Gasteiger charge is -2.07. The zero-order valence-electron chi connectivity index (χ0n) is 13.7. The molecule has 2 aromatic carbocycles. The van der Waals surface area contributed by atoms with Crippen LogP contribution in [-0.4, -0.2) is 28.4 Å². The number of hydrogen-bond donors (Lipinski definition) is 1. The van der Waals surface area contributed by atoms with Crippen LogP contribution in [-0.2, 0) is 9.53 Å². The fourth-order valence-electron chi connectivity index (χ4n) is 2.34. The lowest BCUT2D eigenvalue weighted by Crippen LogP contribution is -2.21. The molecule has 1 aromatic heterocycles. The molecule has 0 bridgehead atoms. The van der Waals surface area contributed by atoms with Gasteiger partial charge >= 0.3 is 5.97 Å². The number of carbonyl (C=O) groups is 2. The van der Waals surface area contributed by atoms with Crippen molar-refractivity contribution in [3.63, 3.8) is 0 Å². The van der Waals surface area contributed by atoms with Gasteiger partial charge in [0.2, 0.25) is 0 Å². The number of rotatable bonds is 5. The maximum atomic E-state index is 12.1. The van der Waals surface area contributed by atoms with E-state index in [2.05, 4.69) is 10.3 Å². The van der Waals surface area contributed by atoms with Gasteiger partial charge in [0, 0.05) is 16.5 Å². The molecule has 0 fully saturated rings. The monoisotopic (exact) mass is 385 g/mol. The van der Waals surface area contributed by atoms with Gasteiger partial charge in [-0.05, 0) is 24.3 Å². The Balaban J connectivity index is 1.66. The number of esters is 1. The Morgan fingerprint density at radius 1 is 1.15 bits per heavy atom. The highest BCUT2D eigenvalue weighted by Gasteiger charge is 2.18. The van der Waals surface area contributed by atoms with Crippen LogP contribution in [0.3, 0.4) is 0 Å². The molecule has 0 aliphatic heterocycles. The predicted molar refractivity (Wildman–Crippen MR) is 98.8 cm³/mol. The predicted octanol–water partition coefficient (Wildman–Crippen LogP) is 3.59. The molecule has 3 rings (SSSR count). The molecule has 9 heteroatoms. The number of nitrogens with zero attached hydrogens (tertiary/aromatic N) is 2. The third-order valence-electron chi connectivity index (χ3n) is 3.57. The third-order valence-corrected chi connectivity index (χ3v) is 3.81. The smallest absolute Gasteiger partial charge is 0.357 e. The molecule has 27 heavy (non-hydrogen) atoms. The first-order valence-electron chi connectivity index (χ1n) is 7.71. The Morgan fingerprint density at radius 2 is 1.93 bits per heavy atom. The number of fused-ring (bicyclic) bond motifs is 1. The number of halogens is 1. The topological polar surface area (TPSA) is 111 Å². The molecular formula is C18H12ClN3O5. The van der Waals surface area contributed by atoms with Gasteiger partial charge < -0.3 is 10.1 Å². The Morgan fingerprint density at radius 3 is 2.70 bits per heavy atom. The minimum absolute atomic E-state index is 0.0511. The van der Waals surface area contributed by atoms with Crippen LogP contribution in [0.15, 0.2) is 54.6 Å². The number of carbonyl (C=O) groups excluding carboxylic acids is 2. The number of pyridine rings is 1. The number of anilines is 1. The molecule has 1 amide bonds. The van der Waals surface area contributed by atoms with E-state index in [1.54, 1.807) is 18.2 Å². The van der Waals surface area contributed by atoms with Crippen LogP contribution >= 0.6 is 11.6 Å². The molecule has 0 saturated heterocycles. The second-order valence-corrected chi connectivity index (χ2v) is 5.87. The van der Waals surface area contributed by atoms with Crippen LogP contribution in [0.1, 0.15) is 10.5 Å². The first kappa shape index (κ1) is 18.3. The lowest BCUT2D eigenvalue weighted by atomic mass is 10.2. The summed E-state index contributed by atoms with van der Waals surface area (Å²) in [6, 6.07) is 14.2. The Bertz CT molecular complexity index is 1050. The summed E-state index contributed by atoms with van der Waals surface area (Å²) in [5.74, 6) is -1.52. The molecule has 8 nitrogen and oxygen atoms in total. The summed E-state index contributed by atoms with van der Waals surface area (Å²) >= 11 is 5.79. The number of ether oxygens (including phenoxy) is 1. The molecule has 0 aliphatic rings. The second-order valence-electron chi connectivity index (χ2n) is 5.43. The highest BCUT2D eigenvalue weighted by atomic mass is 35.5. The standard InChI is InChI=1S/C18H12ClN3O5/c19-12-6-8-16(22(25)26)15(9-12)21-17(23)10-27-18(24)14-7-5-11-3-1-2-4-13(11)20-14/h1-9H,10H2,(H,21,23). The van der Waals surface area contributed by atoms with E-state index in [1.807, 2.05) is 12.1 Å². The van der Waals surface area contributed by atoms with Crippen LogP contribution in [0.4, 0.5) is 11.4 Å². The number of nitrogens with one attached hydrogen (secondary N) is 1. The van der Waals surface area contributed by atoms with E-state index < -0.39 is 23.4 Å². The maximum Gasteiger partial charge on any atom is 0.357 e. The van der Waals surface area contributed by atoms with E-state index in [9.17, 15) is 19.7 Å². The Hall–Kier alpha value is -3.52. The van der Waals surface area contributed by atoms with Crippen molar-refractivity contribution in [1.82, 2.24) is 4.98 Å². The van der Waals surface area contributed by atoms with E-state index in [-0.39, 0.29) is 22.1 Å². The quantitative estimate of drug-likeness (QED) is 0.408. The van der Waals surface area contributed by atoms with Crippen LogP contribution in [0.5, 0.6) is 0 Å². The minimum atomic E-state index is -0.781. The molecule has 1 heterocycles. The summed E-state index contributed by atoms with van der Waals surface area (Å²) in [5.41, 5.74) is 0.258. The number of hydrogen-bond acceptors (Lipinski definition) is 6. The van der Waals surface area contributed by atoms with E-state index >= 15 is 0 Å². The third kappa shape index (κ3) is 4.36. The van der Waals surface area contributed by atoms with E-state index in [0.717, 1.165) is 5.39 Å². The fourth-order valence-corrected chi connectivity index (χ4v) is 2.51. The van der Waals surface area contributed by atoms with E-state index in [1.165, 1.54) is 24.3 Å². The van der Waals surface area contributed by atoms with Gasteiger partial charge in [0.05, 0.1) is 10.4 Å². The van der Waals surface area contributed by atoms with E-state index in [4.69, 9.17) is 16.3 Å². The summed E-state index contributed by atoms with van der Waals surface area (Å²) < 4.78 is 4.93. The summed E-state index contributed by atoms with van der Waals surface area (Å²) in [5, 5.41) is 14.4. The minimum Gasteiger partial charge on any atom is -0.451 e. The normalized spacial score (nSPS) is 10.4. The number of aromatic nitrogens is 1. The molecule has 0 spiro atoms. The van der Waals surface area contributed by atoms with Gasteiger partial charge in [0.15, 0.2) is 6.61 Å². The molecule has 0 radical (unpaired) electrons. The van der Waals surface area contributed by atoms with Crippen LogP contribution in [0.25, 0.3) is 10.9 Å². The van der Waals surface area contributed by atoms with Crippen molar-refractivity contribution < 1.29 is 19.2 Å². The number of para-hydroxylation sites is 1. The number of nitro groups is 1. The number of benzene rings is 2. The van der Waals surface area contributed by atoms with Crippen molar-refractivity contribution >= 4 is 45.8 Å². The largest absolute Gasteiger partial charge is 0.451 e. The zero-order valence-corrected chi connectivity index (χ0v) is 14.5. The summed E-state index contributed by atoms with van der Waals surface area (Å²) in [4.78, 5) is 38.6. The second kappa shape index (κ2) is 7.79. The van der Waals surface area contributed by atoms with Crippen LogP contribution in [0.2, 0.25) is 5.02 Å². The molecule has 0 saturated carbocycles. The molecule has 0 atom stereocenters. The highest BCUT2D eigenvalue weighted by molar-refractivity contribution is 6.31. The van der Waals surface area contributed by atoms with Crippen molar-refractivity contribution in [2.24, 2.45) is 0 Å². The van der Waals surface area contributed by atoms with Gasteiger partial charge in [-0.2, -0.15) is 0 Å². The molecular weight excluding hydrogens is 374 g/mol. The fraction of sp³-hybridized carbons (Fsp3) is 0.0556. The zero-order chi connectivity index (χ0) is 19.4. The molecule has 0 unspecified atom stereocenters. The van der Waals surface area contributed by atoms with Crippen molar-refractivity contribution in [1.29, 1.82) is 0 Å². The number of nitro benzene ring substituents is 1. The van der Waals surface area contributed by atoms with Gasteiger partial charge in [-0.3, -0.25) is 14.9 Å². The van der Waals surface area contributed by atoms with Gasteiger partial charge in [0.1, 0.15) is 11.4 Å². The molecule has 0 aliphatic carbocycles. The van der Waals surface area contributed by atoms with Gasteiger partial charge in [-0.25, -0.2) is 9.78 Å². The number of amides is 1. The SMILES string of the molecule is O=C(COC(=O)c1ccc2ccccc2n1)Nc1cc(Cl)ccc1[N+](=O)[O-]. The summed E-state index contributed by atoms with van der Waals surface area (Å²) in [6.45, 7) is -0.628. The molecule has 3 aromatic rings. The Kier molecular flexibility index (Phi) is 5.28. The average molecular weight is 386 g/mol. The molecule has 136 valence electrons. The molecule has 1 N–H and O–H groups in total. The van der Waals surface area contributed by atoms with Crippen molar-refractivity contribution in [3.05, 3.63) is 75.4 Å². The van der Waals surface area contributed by atoms with Gasteiger partial charge in [0.25, 0.3) is 11.6 Å². The van der Waals surface area contributed by atoms with Crippen molar-refractivity contribution in [2.75, 3.05) is 11.9 Å². The van der Waals surface area contributed by atoms with Crippen LogP contribution < -0.4 is 5.32 Å². The van der Waals surface area contributed by atoms with Crippen LogP contribution in [0, 0.1) is 10.1 Å². The summed E-state index contributed by atoms with van der Waals surface area (Å²) in [7, 11) is 0. The summed E-state index contributed by atoms with van der Waals surface area (Å²) in [6.07, 6.45) is 0. The lowest BCUT2D eigenvalue weighted by molar-refractivity contribution is -0.383. The van der Waals surface area contributed by atoms with Gasteiger partial charge in [-0.1, -0.05) is 35.9 Å². The highest BCUT2D eigenvalue weighted by Crippen LogP contribution is 2.27. The Labute approximate surface area is 157 Å². The van der Waals surface area contributed by atoms with Crippen molar-refractivity contribution in [3.8, 4) is 0 Å². The average Bonchev–Trinajstić information content (AvgIpc) is 2.65. The maximum absolute atomic E-state index is 12.1. The van der Waals surface area contributed by atoms with E-state index in [0.29, 0.717) is 5.52 Å². The van der Waals surface area contributed by atoms with Gasteiger partial charge in [-0.15, -0.1) is 0 Å². The first-order valence-corrected chi connectivity index (χ1v) is 8.08.